The molecule has 0 bridgehead atoms. The van der Waals surface area contributed by atoms with Gasteiger partial charge in [-0.25, -0.2) is 4.98 Å². The number of nitrogens with zero attached hydrogens (tertiary/aromatic N) is 2. The molecule has 0 fully saturated rings. The minimum absolute atomic E-state index is 0.0949. The van der Waals surface area contributed by atoms with Gasteiger partial charge in [-0.3, -0.25) is 0 Å². The van der Waals surface area contributed by atoms with Gasteiger partial charge in [-0.2, -0.15) is 0 Å². The number of benzene rings is 1. The molecule has 2 rings (SSSR count). The number of hydrogen-bond acceptors (Lipinski definition) is 2. The first-order valence-electron chi connectivity index (χ1n) is 6.33. The van der Waals surface area contributed by atoms with Gasteiger partial charge < -0.3 is 9.88 Å². The number of nitrogens with one attached hydrogen (secondary N) is 1. The molecule has 1 atom stereocenters. The Bertz CT molecular complexity index is 595. The van der Waals surface area contributed by atoms with Crippen LogP contribution in [0.4, 0.5) is 0 Å². The van der Waals surface area contributed by atoms with E-state index in [9.17, 15) is 0 Å². The number of aromatic nitrogens is 2. The van der Waals surface area contributed by atoms with Crippen molar-refractivity contribution in [2.24, 2.45) is 7.05 Å². The molecule has 1 aromatic carbocycles. The Labute approximate surface area is 133 Å². The van der Waals surface area contributed by atoms with Crippen molar-refractivity contribution in [2.45, 2.75) is 19.4 Å². The molecule has 3 nitrogen and oxygen atoms in total. The van der Waals surface area contributed by atoms with Crippen molar-refractivity contribution in [3.8, 4) is 0 Å². The van der Waals surface area contributed by atoms with Crippen LogP contribution in [0.15, 0.2) is 24.5 Å². The van der Waals surface area contributed by atoms with Crippen LogP contribution in [0.5, 0.6) is 0 Å². The Morgan fingerprint density at radius 3 is 2.65 bits per heavy atom. The zero-order valence-electron chi connectivity index (χ0n) is 11.3. The van der Waals surface area contributed by atoms with Crippen molar-refractivity contribution >= 4 is 34.8 Å². The summed E-state index contributed by atoms with van der Waals surface area (Å²) in [4.78, 5) is 4.29. The predicted octanol–water partition coefficient (Wildman–Crippen LogP) is 4.27. The zero-order chi connectivity index (χ0) is 14.7. The lowest BCUT2D eigenvalue weighted by Gasteiger charge is -2.16. The van der Waals surface area contributed by atoms with Crippen LogP contribution in [0.25, 0.3) is 0 Å². The number of aryl methyl sites for hydroxylation is 1. The second-order valence-corrected chi connectivity index (χ2v) is 5.81. The highest BCUT2D eigenvalue weighted by atomic mass is 35.5. The highest BCUT2D eigenvalue weighted by Gasteiger charge is 2.14. The van der Waals surface area contributed by atoms with Crippen molar-refractivity contribution < 1.29 is 0 Å². The van der Waals surface area contributed by atoms with E-state index in [1.165, 1.54) is 0 Å². The fourth-order valence-corrected chi connectivity index (χ4v) is 2.73. The molecule has 2 aromatic rings. The Kier molecular flexibility index (Phi) is 5.33. The summed E-state index contributed by atoms with van der Waals surface area (Å²) in [6.07, 6.45) is 4.59. The van der Waals surface area contributed by atoms with Gasteiger partial charge in [-0.05, 0) is 18.6 Å². The van der Waals surface area contributed by atoms with E-state index < -0.39 is 0 Å². The lowest BCUT2D eigenvalue weighted by atomic mass is 10.1. The third-order valence-corrected chi connectivity index (χ3v) is 4.56. The highest BCUT2D eigenvalue weighted by Crippen LogP contribution is 2.35. The molecule has 1 N–H and O–H groups in total. The van der Waals surface area contributed by atoms with E-state index in [4.69, 9.17) is 34.8 Å². The van der Waals surface area contributed by atoms with Crippen molar-refractivity contribution in [2.75, 3.05) is 6.54 Å². The highest BCUT2D eigenvalue weighted by molar-refractivity contribution is 6.48. The summed E-state index contributed by atoms with van der Waals surface area (Å²) in [5.41, 5.74) is 0.945. The monoisotopic (exact) mass is 331 g/mol. The van der Waals surface area contributed by atoms with Crippen LogP contribution in [0, 0.1) is 0 Å². The van der Waals surface area contributed by atoms with Gasteiger partial charge in [0.1, 0.15) is 5.82 Å². The number of halogens is 3. The quantitative estimate of drug-likeness (QED) is 0.829. The van der Waals surface area contributed by atoms with Crippen molar-refractivity contribution in [1.29, 1.82) is 0 Å². The van der Waals surface area contributed by atoms with Crippen LogP contribution in [-0.4, -0.2) is 16.1 Å². The van der Waals surface area contributed by atoms with Gasteiger partial charge in [0.15, 0.2) is 0 Å². The van der Waals surface area contributed by atoms with E-state index in [0.717, 1.165) is 24.4 Å². The lowest BCUT2D eigenvalue weighted by molar-refractivity contribution is 0.565. The van der Waals surface area contributed by atoms with Crippen LogP contribution < -0.4 is 5.32 Å². The molecule has 1 aromatic heterocycles. The smallest absolute Gasteiger partial charge is 0.109 e. The Balaban J connectivity index is 1.97. The summed E-state index contributed by atoms with van der Waals surface area (Å²) < 4.78 is 2.01. The molecule has 0 spiro atoms. The lowest BCUT2D eigenvalue weighted by Crippen LogP contribution is -2.22. The fraction of sp³-hybridized carbons (Fsp3) is 0.357. The van der Waals surface area contributed by atoms with Gasteiger partial charge in [0.25, 0.3) is 0 Å². The summed E-state index contributed by atoms with van der Waals surface area (Å²) in [6.45, 7) is 2.85. The van der Waals surface area contributed by atoms with Crippen molar-refractivity contribution in [3.05, 3.63) is 51.0 Å². The van der Waals surface area contributed by atoms with E-state index in [1.807, 2.05) is 30.8 Å². The van der Waals surface area contributed by atoms with Crippen molar-refractivity contribution in [1.82, 2.24) is 14.9 Å². The topological polar surface area (TPSA) is 29.9 Å². The summed E-state index contributed by atoms with van der Waals surface area (Å²) in [5.74, 6) is 1.05. The van der Waals surface area contributed by atoms with Crippen LogP contribution >= 0.6 is 34.8 Å². The SMILES string of the molecule is CC(NCCc1nccn1C)c1ccc(Cl)c(Cl)c1Cl. The standard InChI is InChI=1S/C14H16Cl3N3/c1-9(10-3-4-11(15)14(17)13(10)16)18-6-5-12-19-7-8-20(12)2/h3-4,7-9,18H,5-6H2,1-2H3. The zero-order valence-corrected chi connectivity index (χ0v) is 13.6. The summed E-state index contributed by atoms with van der Waals surface area (Å²) in [6, 6.07) is 3.76. The number of rotatable bonds is 5. The summed E-state index contributed by atoms with van der Waals surface area (Å²) in [7, 11) is 1.99. The van der Waals surface area contributed by atoms with E-state index in [2.05, 4.69) is 10.3 Å². The molecule has 6 heteroatoms. The normalized spacial score (nSPS) is 12.7. The Morgan fingerprint density at radius 1 is 1.25 bits per heavy atom. The molecule has 0 amide bonds. The maximum absolute atomic E-state index is 6.22. The van der Waals surface area contributed by atoms with Crippen LogP contribution in [0.2, 0.25) is 15.1 Å². The molecular formula is C14H16Cl3N3. The first-order chi connectivity index (χ1) is 9.50. The van der Waals surface area contributed by atoms with Gasteiger partial charge in [-0.1, -0.05) is 40.9 Å². The van der Waals surface area contributed by atoms with Crippen LogP contribution in [0.3, 0.4) is 0 Å². The Hall–Kier alpha value is -0.740. The van der Waals surface area contributed by atoms with E-state index >= 15 is 0 Å². The molecular weight excluding hydrogens is 317 g/mol. The first kappa shape index (κ1) is 15.6. The van der Waals surface area contributed by atoms with Gasteiger partial charge in [-0.15, -0.1) is 0 Å². The molecule has 0 radical (unpaired) electrons. The summed E-state index contributed by atoms with van der Waals surface area (Å²) >= 11 is 18.2. The first-order valence-corrected chi connectivity index (χ1v) is 7.47. The summed E-state index contributed by atoms with van der Waals surface area (Å²) in [5, 5.41) is 4.80. The molecule has 20 heavy (non-hydrogen) atoms. The predicted molar refractivity (Wildman–Crippen MR) is 84.8 cm³/mol. The Morgan fingerprint density at radius 2 is 2.00 bits per heavy atom. The van der Waals surface area contributed by atoms with Crippen molar-refractivity contribution in [3.63, 3.8) is 0 Å². The largest absolute Gasteiger partial charge is 0.338 e. The van der Waals surface area contributed by atoms with E-state index in [-0.39, 0.29) is 6.04 Å². The average molecular weight is 333 g/mol. The van der Waals surface area contributed by atoms with E-state index in [0.29, 0.717) is 15.1 Å². The second-order valence-electron chi connectivity index (χ2n) is 4.64. The molecule has 108 valence electrons. The third-order valence-electron chi connectivity index (χ3n) is 3.25. The minimum Gasteiger partial charge on any atom is -0.338 e. The van der Waals surface area contributed by atoms with Gasteiger partial charge in [0, 0.05) is 38.4 Å². The van der Waals surface area contributed by atoms with Gasteiger partial charge >= 0.3 is 0 Å². The molecule has 0 saturated heterocycles. The second kappa shape index (κ2) is 6.81. The van der Waals surface area contributed by atoms with Gasteiger partial charge in [0.2, 0.25) is 0 Å². The minimum atomic E-state index is 0.0949. The van der Waals surface area contributed by atoms with Gasteiger partial charge in [0.05, 0.1) is 15.1 Å². The molecule has 1 unspecified atom stereocenters. The van der Waals surface area contributed by atoms with E-state index in [1.54, 1.807) is 12.3 Å². The maximum Gasteiger partial charge on any atom is 0.109 e. The van der Waals surface area contributed by atoms with Crippen LogP contribution in [0.1, 0.15) is 24.4 Å². The van der Waals surface area contributed by atoms with Crippen LogP contribution in [-0.2, 0) is 13.5 Å². The molecule has 0 aliphatic rings. The molecule has 0 saturated carbocycles. The maximum atomic E-state index is 6.22. The number of hydrogen-bond donors (Lipinski definition) is 1. The molecule has 1 heterocycles. The fourth-order valence-electron chi connectivity index (χ4n) is 2.02. The molecule has 0 aliphatic heterocycles. The third kappa shape index (κ3) is 3.47. The average Bonchev–Trinajstić information content (AvgIpc) is 2.82. The molecule has 0 aliphatic carbocycles. The number of imidazole rings is 1.